The van der Waals surface area contributed by atoms with Crippen LogP contribution in [0, 0.1) is 0 Å². The minimum absolute atomic E-state index is 0.0125. The molecule has 0 radical (unpaired) electrons. The van der Waals surface area contributed by atoms with Crippen LogP contribution in [0.15, 0.2) is 0 Å². The lowest BCUT2D eigenvalue weighted by Crippen LogP contribution is -2.34. The maximum atomic E-state index is 11.9. The smallest absolute Gasteiger partial charge is 0.248 e. The summed E-state index contributed by atoms with van der Waals surface area (Å²) in [6, 6.07) is 0. The van der Waals surface area contributed by atoms with Crippen LogP contribution in [0.5, 0.6) is 0 Å². The van der Waals surface area contributed by atoms with Gasteiger partial charge in [-0.05, 0) is 25.8 Å². The minimum atomic E-state index is -0.0125. The maximum Gasteiger partial charge on any atom is 0.248 e. The number of nitrogens with one attached hydrogen (secondary N) is 1. The van der Waals surface area contributed by atoms with Gasteiger partial charge in [0.1, 0.15) is 6.61 Å². The molecule has 0 saturated carbocycles. The molecule has 1 N–H and O–H groups in total. The van der Waals surface area contributed by atoms with Crippen molar-refractivity contribution in [3.63, 3.8) is 0 Å². The highest BCUT2D eigenvalue weighted by Gasteiger charge is 2.43. The van der Waals surface area contributed by atoms with Gasteiger partial charge in [-0.2, -0.15) is 0 Å². The van der Waals surface area contributed by atoms with E-state index in [9.17, 15) is 4.79 Å². The standard InChI is InChI=1S/C13H22N2O3/c16-12(15-5-1-2-6-15)9-17-11-7-13(18-8-11)3-4-14-10-13/h11,14H,1-10H2/t11-,13+/m1/s1. The molecule has 102 valence electrons. The van der Waals surface area contributed by atoms with Gasteiger partial charge >= 0.3 is 0 Å². The number of amides is 1. The molecule has 0 unspecified atom stereocenters. The molecule has 1 spiro atoms. The van der Waals surface area contributed by atoms with Gasteiger partial charge in [0.05, 0.1) is 18.3 Å². The van der Waals surface area contributed by atoms with Gasteiger partial charge in [-0.3, -0.25) is 4.79 Å². The number of likely N-dealkylation sites (tertiary alicyclic amines) is 1. The molecule has 3 fully saturated rings. The Kier molecular flexibility index (Phi) is 3.54. The third kappa shape index (κ3) is 2.53. The van der Waals surface area contributed by atoms with E-state index >= 15 is 0 Å². The first-order valence-corrected chi connectivity index (χ1v) is 7.02. The second-order valence-corrected chi connectivity index (χ2v) is 5.65. The summed E-state index contributed by atoms with van der Waals surface area (Å²) in [6.45, 7) is 4.60. The molecule has 3 aliphatic heterocycles. The second-order valence-electron chi connectivity index (χ2n) is 5.65. The Morgan fingerprint density at radius 2 is 2.28 bits per heavy atom. The second kappa shape index (κ2) is 5.15. The fourth-order valence-corrected chi connectivity index (χ4v) is 3.17. The molecule has 18 heavy (non-hydrogen) atoms. The SMILES string of the molecule is O=C(CO[C@H]1CO[C@@]2(CCNC2)C1)N1CCCC1. The summed E-state index contributed by atoms with van der Waals surface area (Å²) in [4.78, 5) is 13.8. The molecular formula is C13H22N2O3. The van der Waals surface area contributed by atoms with Crippen molar-refractivity contribution in [2.24, 2.45) is 0 Å². The van der Waals surface area contributed by atoms with Crippen molar-refractivity contribution in [2.75, 3.05) is 39.4 Å². The molecule has 5 heteroatoms. The summed E-state index contributed by atoms with van der Waals surface area (Å²) >= 11 is 0. The first kappa shape index (κ1) is 12.4. The first-order chi connectivity index (χ1) is 8.77. The van der Waals surface area contributed by atoms with E-state index in [0.29, 0.717) is 6.61 Å². The van der Waals surface area contributed by atoms with Crippen LogP contribution >= 0.6 is 0 Å². The molecule has 0 bridgehead atoms. The van der Waals surface area contributed by atoms with Crippen LogP contribution in [-0.4, -0.2) is 61.9 Å². The third-order valence-electron chi connectivity index (χ3n) is 4.28. The van der Waals surface area contributed by atoms with Gasteiger partial charge in [-0.25, -0.2) is 0 Å². The zero-order chi connectivity index (χ0) is 12.4. The van der Waals surface area contributed by atoms with Crippen LogP contribution in [0.1, 0.15) is 25.7 Å². The fourth-order valence-electron chi connectivity index (χ4n) is 3.17. The molecule has 0 aromatic carbocycles. The van der Waals surface area contributed by atoms with Crippen molar-refractivity contribution >= 4 is 5.91 Å². The molecule has 0 aliphatic carbocycles. The van der Waals surface area contributed by atoms with Gasteiger partial charge in [0.25, 0.3) is 0 Å². The normalized spacial score (nSPS) is 35.8. The topological polar surface area (TPSA) is 50.8 Å². The number of hydrogen-bond donors (Lipinski definition) is 1. The minimum Gasteiger partial charge on any atom is -0.371 e. The highest BCUT2D eigenvalue weighted by molar-refractivity contribution is 5.77. The predicted molar refractivity (Wildman–Crippen MR) is 66.3 cm³/mol. The average Bonchev–Trinajstić information content (AvgIpc) is 3.09. The van der Waals surface area contributed by atoms with E-state index in [1.807, 2.05) is 4.90 Å². The van der Waals surface area contributed by atoms with Crippen LogP contribution in [0.2, 0.25) is 0 Å². The van der Waals surface area contributed by atoms with E-state index in [4.69, 9.17) is 9.47 Å². The Morgan fingerprint density at radius 3 is 3.00 bits per heavy atom. The first-order valence-electron chi connectivity index (χ1n) is 7.02. The van der Waals surface area contributed by atoms with Crippen LogP contribution in [-0.2, 0) is 14.3 Å². The molecule has 5 nitrogen and oxygen atoms in total. The predicted octanol–water partition coefficient (Wildman–Crippen LogP) is 0.146. The van der Waals surface area contributed by atoms with E-state index in [-0.39, 0.29) is 24.2 Å². The van der Waals surface area contributed by atoms with Crippen molar-refractivity contribution in [1.82, 2.24) is 10.2 Å². The number of carbonyl (C=O) groups excluding carboxylic acids is 1. The lowest BCUT2D eigenvalue weighted by atomic mass is 9.98. The zero-order valence-electron chi connectivity index (χ0n) is 10.8. The maximum absolute atomic E-state index is 11.9. The summed E-state index contributed by atoms with van der Waals surface area (Å²) in [5.41, 5.74) is -0.0125. The van der Waals surface area contributed by atoms with Crippen LogP contribution in [0.25, 0.3) is 0 Å². The molecule has 2 atom stereocenters. The molecule has 3 rings (SSSR count). The van der Waals surface area contributed by atoms with Gasteiger partial charge in [-0.15, -0.1) is 0 Å². The quantitative estimate of drug-likeness (QED) is 0.779. The summed E-state index contributed by atoms with van der Waals surface area (Å²) < 4.78 is 11.6. The van der Waals surface area contributed by atoms with Crippen LogP contribution in [0.4, 0.5) is 0 Å². The molecule has 3 aliphatic rings. The number of carbonyl (C=O) groups is 1. The van der Waals surface area contributed by atoms with Crippen molar-refractivity contribution in [2.45, 2.75) is 37.4 Å². The van der Waals surface area contributed by atoms with Crippen LogP contribution < -0.4 is 5.32 Å². The highest BCUT2D eigenvalue weighted by atomic mass is 16.6. The fraction of sp³-hybridized carbons (Fsp3) is 0.923. The van der Waals surface area contributed by atoms with E-state index in [1.165, 1.54) is 0 Å². The zero-order valence-corrected chi connectivity index (χ0v) is 10.8. The van der Waals surface area contributed by atoms with Crippen molar-refractivity contribution in [3.05, 3.63) is 0 Å². The van der Waals surface area contributed by atoms with E-state index in [0.717, 1.165) is 51.9 Å². The Bertz CT molecular complexity index is 309. The lowest BCUT2D eigenvalue weighted by Gasteiger charge is -2.20. The van der Waals surface area contributed by atoms with E-state index < -0.39 is 0 Å². The molecule has 3 saturated heterocycles. The number of rotatable bonds is 3. The largest absolute Gasteiger partial charge is 0.371 e. The monoisotopic (exact) mass is 254 g/mol. The molecule has 0 aromatic rings. The molecular weight excluding hydrogens is 232 g/mol. The van der Waals surface area contributed by atoms with E-state index in [1.54, 1.807) is 0 Å². The van der Waals surface area contributed by atoms with Gasteiger partial charge in [0, 0.05) is 26.1 Å². The lowest BCUT2D eigenvalue weighted by molar-refractivity contribution is -0.137. The Labute approximate surface area is 108 Å². The molecule has 0 aromatic heterocycles. The van der Waals surface area contributed by atoms with E-state index in [2.05, 4.69) is 5.32 Å². The van der Waals surface area contributed by atoms with Gasteiger partial charge in [0.15, 0.2) is 0 Å². The number of ether oxygens (including phenoxy) is 2. The van der Waals surface area contributed by atoms with Crippen molar-refractivity contribution in [1.29, 1.82) is 0 Å². The Hall–Kier alpha value is -0.650. The van der Waals surface area contributed by atoms with Crippen molar-refractivity contribution in [3.8, 4) is 0 Å². The Morgan fingerprint density at radius 1 is 1.44 bits per heavy atom. The molecule has 1 amide bonds. The summed E-state index contributed by atoms with van der Waals surface area (Å²) in [5.74, 6) is 0.137. The number of nitrogens with zero attached hydrogens (tertiary/aromatic N) is 1. The third-order valence-corrected chi connectivity index (χ3v) is 4.28. The summed E-state index contributed by atoms with van der Waals surface area (Å²) in [7, 11) is 0. The average molecular weight is 254 g/mol. The summed E-state index contributed by atoms with van der Waals surface area (Å²) in [6.07, 6.45) is 4.34. The summed E-state index contributed by atoms with van der Waals surface area (Å²) in [5, 5.41) is 3.33. The highest BCUT2D eigenvalue weighted by Crippen LogP contribution is 2.32. The van der Waals surface area contributed by atoms with Crippen LogP contribution in [0.3, 0.4) is 0 Å². The van der Waals surface area contributed by atoms with Gasteiger partial charge in [0.2, 0.25) is 5.91 Å². The Balaban J connectivity index is 1.42. The van der Waals surface area contributed by atoms with Gasteiger partial charge < -0.3 is 19.7 Å². The number of hydrogen-bond acceptors (Lipinski definition) is 4. The molecule has 3 heterocycles. The van der Waals surface area contributed by atoms with Crippen molar-refractivity contribution < 1.29 is 14.3 Å². The van der Waals surface area contributed by atoms with Gasteiger partial charge in [-0.1, -0.05) is 0 Å².